The molecule has 4 rings (SSSR count). The van der Waals surface area contributed by atoms with Gasteiger partial charge >= 0.3 is 0 Å². The fourth-order valence-corrected chi connectivity index (χ4v) is 4.31. The van der Waals surface area contributed by atoms with Crippen molar-refractivity contribution in [2.45, 2.75) is 37.8 Å². The maximum Gasteiger partial charge on any atom is 0.0912 e. The summed E-state index contributed by atoms with van der Waals surface area (Å²) in [7, 11) is 0. The number of nitrogens with zero attached hydrogens (tertiary/aromatic N) is 3. The van der Waals surface area contributed by atoms with E-state index in [4.69, 9.17) is 0 Å². The van der Waals surface area contributed by atoms with Crippen LogP contribution < -0.4 is 0 Å². The van der Waals surface area contributed by atoms with Crippen LogP contribution in [0.3, 0.4) is 0 Å². The van der Waals surface area contributed by atoms with E-state index in [1.54, 1.807) is 0 Å². The maximum atomic E-state index is 11.0. The molecule has 2 fully saturated rings. The Labute approximate surface area is 156 Å². The maximum absolute atomic E-state index is 11.0. The summed E-state index contributed by atoms with van der Waals surface area (Å²) in [5.41, 5.74) is 2.92. The molecule has 1 aromatic heterocycles. The number of pyridine rings is 1. The van der Waals surface area contributed by atoms with Gasteiger partial charge in [-0.1, -0.05) is 36.8 Å². The van der Waals surface area contributed by atoms with Gasteiger partial charge in [-0.05, 0) is 50.0 Å². The Morgan fingerprint density at radius 2 is 1.73 bits per heavy atom. The fourth-order valence-electron chi connectivity index (χ4n) is 4.31. The molecule has 0 saturated carbocycles. The van der Waals surface area contributed by atoms with E-state index in [1.165, 1.54) is 24.8 Å². The third-order valence-electron chi connectivity index (χ3n) is 5.70. The second-order valence-electron chi connectivity index (χ2n) is 7.93. The Bertz CT molecular complexity index is 697. The molecule has 2 aromatic rings. The van der Waals surface area contributed by atoms with Crippen LogP contribution in [0.25, 0.3) is 11.3 Å². The van der Waals surface area contributed by atoms with Crippen molar-refractivity contribution in [3.63, 3.8) is 0 Å². The lowest BCUT2D eigenvalue weighted by Crippen LogP contribution is -2.46. The Morgan fingerprint density at radius 3 is 2.46 bits per heavy atom. The summed E-state index contributed by atoms with van der Waals surface area (Å²) in [6, 6.07) is 14.7. The summed E-state index contributed by atoms with van der Waals surface area (Å²) in [6.07, 6.45) is 6.62. The second kappa shape index (κ2) is 7.87. The van der Waals surface area contributed by atoms with Crippen molar-refractivity contribution in [1.29, 1.82) is 0 Å². The first-order valence-corrected chi connectivity index (χ1v) is 9.88. The molecule has 0 aliphatic carbocycles. The normalized spacial score (nSPS) is 24.8. The molecule has 4 heteroatoms. The van der Waals surface area contributed by atoms with Crippen molar-refractivity contribution in [2.75, 3.05) is 32.7 Å². The smallest absolute Gasteiger partial charge is 0.0912 e. The van der Waals surface area contributed by atoms with E-state index >= 15 is 0 Å². The SMILES string of the molecule is O[C@]1(CN2CCCCC2)CCN(Cc2ccc(-c3ccccn3)cc2)C1. The van der Waals surface area contributed by atoms with E-state index in [0.29, 0.717) is 0 Å². The fraction of sp³-hybridized carbons (Fsp3) is 0.500. The minimum Gasteiger partial charge on any atom is -0.387 e. The summed E-state index contributed by atoms with van der Waals surface area (Å²) in [5.74, 6) is 0. The molecule has 1 aromatic carbocycles. The molecule has 0 unspecified atom stereocenters. The van der Waals surface area contributed by atoms with Crippen molar-refractivity contribution in [2.24, 2.45) is 0 Å². The van der Waals surface area contributed by atoms with Gasteiger partial charge in [0.05, 0.1) is 11.3 Å². The average Bonchev–Trinajstić information content (AvgIpc) is 3.04. The van der Waals surface area contributed by atoms with E-state index < -0.39 is 5.60 Å². The predicted octanol–water partition coefficient (Wildman–Crippen LogP) is 3.17. The molecule has 1 atom stereocenters. The van der Waals surface area contributed by atoms with Gasteiger partial charge in [-0.2, -0.15) is 0 Å². The van der Waals surface area contributed by atoms with Crippen LogP contribution in [0.4, 0.5) is 0 Å². The molecule has 3 heterocycles. The highest BCUT2D eigenvalue weighted by Crippen LogP contribution is 2.26. The molecular formula is C22H29N3O. The Morgan fingerprint density at radius 1 is 0.923 bits per heavy atom. The predicted molar refractivity (Wildman–Crippen MR) is 105 cm³/mol. The molecule has 2 saturated heterocycles. The molecule has 2 aliphatic heterocycles. The Kier molecular flexibility index (Phi) is 5.34. The van der Waals surface area contributed by atoms with E-state index in [9.17, 15) is 5.11 Å². The third kappa shape index (κ3) is 4.32. The van der Waals surface area contributed by atoms with Gasteiger partial charge in [0.25, 0.3) is 0 Å². The van der Waals surface area contributed by atoms with E-state index in [-0.39, 0.29) is 0 Å². The van der Waals surface area contributed by atoms with Gasteiger partial charge in [0, 0.05) is 37.9 Å². The van der Waals surface area contributed by atoms with Gasteiger partial charge in [0.2, 0.25) is 0 Å². The van der Waals surface area contributed by atoms with Crippen LogP contribution in [0, 0.1) is 0 Å². The van der Waals surface area contributed by atoms with Gasteiger partial charge in [-0.3, -0.25) is 9.88 Å². The quantitative estimate of drug-likeness (QED) is 0.898. The highest BCUT2D eigenvalue weighted by Gasteiger charge is 2.37. The summed E-state index contributed by atoms with van der Waals surface area (Å²) in [4.78, 5) is 9.25. The van der Waals surface area contributed by atoms with Crippen molar-refractivity contribution in [3.8, 4) is 11.3 Å². The lowest BCUT2D eigenvalue weighted by molar-refractivity contribution is 0.00635. The van der Waals surface area contributed by atoms with Gasteiger partial charge in [-0.25, -0.2) is 0 Å². The van der Waals surface area contributed by atoms with Crippen LogP contribution in [0.5, 0.6) is 0 Å². The highest BCUT2D eigenvalue weighted by molar-refractivity contribution is 5.58. The number of aliphatic hydroxyl groups is 1. The summed E-state index contributed by atoms with van der Waals surface area (Å²) in [5, 5.41) is 11.0. The van der Waals surface area contributed by atoms with Crippen molar-refractivity contribution < 1.29 is 5.11 Å². The molecule has 4 nitrogen and oxygen atoms in total. The van der Waals surface area contributed by atoms with E-state index in [1.807, 2.05) is 24.4 Å². The molecule has 0 amide bonds. The largest absolute Gasteiger partial charge is 0.387 e. The van der Waals surface area contributed by atoms with Crippen LogP contribution >= 0.6 is 0 Å². The first-order valence-electron chi connectivity index (χ1n) is 9.88. The molecule has 1 N–H and O–H groups in total. The zero-order chi connectivity index (χ0) is 17.8. The van der Waals surface area contributed by atoms with E-state index in [2.05, 4.69) is 39.0 Å². The molecular weight excluding hydrogens is 322 g/mol. The number of rotatable bonds is 5. The van der Waals surface area contributed by atoms with Gasteiger partial charge in [-0.15, -0.1) is 0 Å². The standard InChI is InChI=1S/C22H29N3O/c26-22(17-24-13-4-1-5-14-24)11-15-25(18-22)16-19-7-9-20(10-8-19)21-6-2-3-12-23-21/h2-3,6-10,12,26H,1,4-5,11,13-18H2/t22-/m0/s1. The van der Waals surface area contributed by atoms with Gasteiger partial charge < -0.3 is 10.0 Å². The minimum absolute atomic E-state index is 0.536. The molecule has 0 bridgehead atoms. The number of piperidine rings is 1. The zero-order valence-corrected chi connectivity index (χ0v) is 15.5. The van der Waals surface area contributed by atoms with Crippen molar-refractivity contribution in [1.82, 2.24) is 14.8 Å². The van der Waals surface area contributed by atoms with Crippen LogP contribution in [0.2, 0.25) is 0 Å². The van der Waals surface area contributed by atoms with Crippen molar-refractivity contribution >= 4 is 0 Å². The average molecular weight is 351 g/mol. The summed E-state index contributed by atoms with van der Waals surface area (Å²) in [6.45, 7) is 5.80. The Balaban J connectivity index is 1.33. The van der Waals surface area contributed by atoms with Gasteiger partial charge in [0.15, 0.2) is 0 Å². The molecule has 0 spiro atoms. The number of β-amino-alcohol motifs (C(OH)–C–C–N with tert-alkyl or cyclic N) is 1. The zero-order valence-electron chi connectivity index (χ0n) is 15.5. The van der Waals surface area contributed by atoms with Crippen LogP contribution in [-0.4, -0.2) is 58.2 Å². The van der Waals surface area contributed by atoms with E-state index in [0.717, 1.165) is 56.9 Å². The van der Waals surface area contributed by atoms with Crippen LogP contribution in [0.1, 0.15) is 31.2 Å². The molecule has 2 aliphatic rings. The lowest BCUT2D eigenvalue weighted by Gasteiger charge is -2.33. The Hall–Kier alpha value is -1.75. The first-order chi connectivity index (χ1) is 12.7. The molecule has 26 heavy (non-hydrogen) atoms. The minimum atomic E-state index is -0.536. The van der Waals surface area contributed by atoms with Crippen LogP contribution in [0.15, 0.2) is 48.7 Å². The number of hydrogen-bond acceptors (Lipinski definition) is 4. The van der Waals surface area contributed by atoms with Crippen LogP contribution in [-0.2, 0) is 6.54 Å². The second-order valence-corrected chi connectivity index (χ2v) is 7.93. The first kappa shape index (κ1) is 17.7. The lowest BCUT2D eigenvalue weighted by atomic mass is 10.0. The monoisotopic (exact) mass is 351 g/mol. The third-order valence-corrected chi connectivity index (χ3v) is 5.70. The molecule has 138 valence electrons. The number of aromatic nitrogens is 1. The number of likely N-dealkylation sites (tertiary alicyclic amines) is 2. The summed E-state index contributed by atoms with van der Waals surface area (Å²) >= 11 is 0. The topological polar surface area (TPSA) is 39.6 Å². The highest BCUT2D eigenvalue weighted by atomic mass is 16.3. The number of hydrogen-bond donors (Lipinski definition) is 1. The summed E-state index contributed by atoms with van der Waals surface area (Å²) < 4.78 is 0. The number of benzene rings is 1. The van der Waals surface area contributed by atoms with Crippen molar-refractivity contribution in [3.05, 3.63) is 54.2 Å². The van der Waals surface area contributed by atoms with Gasteiger partial charge in [0.1, 0.15) is 0 Å². The molecule has 0 radical (unpaired) electrons.